The largest absolute Gasteiger partial charge is 0.427 e. The van der Waals surface area contributed by atoms with Crippen LogP contribution >= 0.6 is 0 Å². The Balaban J connectivity index is 0.000000227. The summed E-state index contributed by atoms with van der Waals surface area (Å²) in [5.74, 6) is 0.687. The molecule has 0 radical (unpaired) electrons. The van der Waals surface area contributed by atoms with Crippen molar-refractivity contribution in [2.24, 2.45) is 0 Å². The Hall–Kier alpha value is -12.9. The normalized spacial score (nSPS) is 10.9. The maximum absolute atomic E-state index is 12.1. The lowest BCUT2D eigenvalue weighted by Gasteiger charge is -2.06. The van der Waals surface area contributed by atoms with Gasteiger partial charge in [-0.3, -0.25) is 28.8 Å². The molecule has 6 heterocycles. The first kappa shape index (κ1) is 110. The van der Waals surface area contributed by atoms with Gasteiger partial charge in [-0.05, 0) is 199 Å². The maximum atomic E-state index is 12.1. The molecule has 0 aliphatic rings. The molecule has 730 valence electrons. The molecular formula is C112H138O24. The van der Waals surface area contributed by atoms with Crippen molar-refractivity contribution in [3.63, 3.8) is 0 Å². The lowest BCUT2D eigenvalue weighted by Crippen LogP contribution is -2.07. The Bertz CT molecular complexity index is 6250. The van der Waals surface area contributed by atoms with Gasteiger partial charge in [-0.2, -0.15) is 0 Å². The van der Waals surface area contributed by atoms with Gasteiger partial charge in [0.05, 0.1) is 0 Å². The standard InChI is InChI=1S/C28H42O4.C28H40O4.C17H20O4.C14H14O4.C13H12O4.C12H10O4/c2*1-3-4-5-6-7-8-9-10-11-12-13-14-15-16-17-18-27(29)31-24-19-20-25-23(2)21-28(30)32-26(25)22-24;1-3-4-5-6-7-16(18)20-13-8-9-14-12(2)10-17(19)21-15(14)11-13;1-3-4-13(15)17-10-5-6-11-9(2)7-14(16)18-12(11)8-10;1-3-12(14)16-9-4-5-10-8(2)6-13(15)17-11(10)7-9;1-7-5-12(14)16-11-6-9(15-8(2)13)3-4-10(7)11/h19-22H,3-18H2,1-2H3;10-11,19-22H,3-9,12-18H2,1-2H3;8-11H,3-7H2,1-2H3;5-8H,3-4H2,1-2H3;4-7H,3H2,1-2H3;3-6H,1-2H3/b;11-10-;;;;. The monoisotopic (exact) mass is 1870 g/mol. The van der Waals surface area contributed by atoms with Gasteiger partial charge in [0, 0.05) is 144 Å². The predicted molar refractivity (Wildman–Crippen MR) is 536 cm³/mol. The summed E-state index contributed by atoms with van der Waals surface area (Å²) >= 11 is 0. The van der Waals surface area contributed by atoms with Gasteiger partial charge in [-0.25, -0.2) is 28.8 Å². The van der Waals surface area contributed by atoms with Crippen LogP contribution in [0.15, 0.2) is 213 Å². The fraction of sp³-hybridized carbons (Fsp3) is 0.446. The van der Waals surface area contributed by atoms with Crippen LogP contribution in [0.5, 0.6) is 34.5 Å². The molecule has 6 aromatic carbocycles. The van der Waals surface area contributed by atoms with Gasteiger partial charge < -0.3 is 54.9 Å². The molecule has 0 atom stereocenters. The van der Waals surface area contributed by atoms with Crippen LogP contribution in [-0.2, 0) is 28.8 Å². The number of hydrogen-bond donors (Lipinski definition) is 0. The minimum Gasteiger partial charge on any atom is -0.427 e. The molecule has 0 saturated heterocycles. The molecule has 136 heavy (non-hydrogen) atoms. The summed E-state index contributed by atoms with van der Waals surface area (Å²) in [5, 5.41) is 5.05. The molecule has 0 fully saturated rings. The van der Waals surface area contributed by atoms with Crippen molar-refractivity contribution >= 4 is 102 Å². The lowest BCUT2D eigenvalue weighted by atomic mass is 10.0. The predicted octanol–water partition coefficient (Wildman–Crippen LogP) is 27.5. The van der Waals surface area contributed by atoms with E-state index >= 15 is 0 Å². The summed E-state index contributed by atoms with van der Waals surface area (Å²) in [5.41, 5.74) is 5.26. The number of ether oxygens (including phenoxy) is 6. The van der Waals surface area contributed by atoms with Gasteiger partial charge in [0.1, 0.15) is 68.0 Å². The zero-order valence-corrected chi connectivity index (χ0v) is 81.7. The molecular weight excluding hydrogens is 1730 g/mol. The second-order valence-corrected chi connectivity index (χ2v) is 34.4. The Morgan fingerprint density at radius 1 is 0.228 bits per heavy atom. The molecule has 0 N–H and O–H groups in total. The summed E-state index contributed by atoms with van der Waals surface area (Å²) in [4.78, 5) is 137. The smallest absolute Gasteiger partial charge is 0.336 e. The van der Waals surface area contributed by atoms with Crippen molar-refractivity contribution in [2.45, 2.75) is 327 Å². The van der Waals surface area contributed by atoms with E-state index in [9.17, 15) is 57.5 Å². The highest BCUT2D eigenvalue weighted by atomic mass is 16.6. The Morgan fingerprint density at radius 3 is 0.632 bits per heavy atom. The van der Waals surface area contributed by atoms with E-state index in [1.165, 1.54) is 191 Å². The molecule has 0 bridgehead atoms. The van der Waals surface area contributed by atoms with Crippen LogP contribution < -0.4 is 62.2 Å². The number of unbranched alkanes of at least 4 members (excludes halogenated alkanes) is 28. The molecule has 6 aromatic heterocycles. The van der Waals surface area contributed by atoms with E-state index < -0.39 is 39.7 Å². The summed E-state index contributed by atoms with van der Waals surface area (Å²) in [6.45, 7) is 22.7. The molecule has 24 heteroatoms. The second-order valence-electron chi connectivity index (χ2n) is 34.4. The van der Waals surface area contributed by atoms with E-state index in [1.807, 2.05) is 60.6 Å². The van der Waals surface area contributed by atoms with Crippen molar-refractivity contribution in [1.82, 2.24) is 0 Å². The topological polar surface area (TPSA) is 339 Å². The number of fused-ring (bicyclic) bond motifs is 6. The Morgan fingerprint density at radius 2 is 0.419 bits per heavy atom. The maximum Gasteiger partial charge on any atom is 0.336 e. The highest BCUT2D eigenvalue weighted by molar-refractivity contribution is 5.87. The molecule has 0 aliphatic carbocycles. The van der Waals surface area contributed by atoms with Crippen LogP contribution in [0, 0.1) is 41.5 Å². The average Bonchev–Trinajstić information content (AvgIpc) is 0.839. The number of allylic oxidation sites excluding steroid dienone is 2. The van der Waals surface area contributed by atoms with E-state index in [0.29, 0.717) is 100 Å². The number of rotatable bonds is 45. The van der Waals surface area contributed by atoms with Gasteiger partial charge in [0.15, 0.2) is 0 Å². The van der Waals surface area contributed by atoms with E-state index in [-0.39, 0.29) is 29.8 Å². The average molecular weight is 1870 g/mol. The van der Waals surface area contributed by atoms with Crippen LogP contribution in [0.2, 0.25) is 0 Å². The summed E-state index contributed by atoms with van der Waals surface area (Å²) in [7, 11) is 0. The minimum atomic E-state index is -0.412. The molecule has 0 aliphatic heterocycles. The summed E-state index contributed by atoms with van der Waals surface area (Å²) < 4.78 is 61.9. The number of aryl methyl sites for hydroxylation is 6. The van der Waals surface area contributed by atoms with Crippen LogP contribution in [0.3, 0.4) is 0 Å². The van der Waals surface area contributed by atoms with Crippen molar-refractivity contribution in [2.75, 3.05) is 0 Å². The first-order chi connectivity index (χ1) is 65.5. The van der Waals surface area contributed by atoms with E-state index in [0.717, 1.165) is 136 Å². The minimum absolute atomic E-state index is 0.228. The van der Waals surface area contributed by atoms with Crippen molar-refractivity contribution in [3.05, 3.63) is 254 Å². The number of esters is 6. The molecule has 0 unspecified atom stereocenters. The zero-order chi connectivity index (χ0) is 98.5. The van der Waals surface area contributed by atoms with Crippen molar-refractivity contribution in [1.29, 1.82) is 0 Å². The van der Waals surface area contributed by atoms with Gasteiger partial charge in [0.2, 0.25) is 0 Å². The fourth-order valence-corrected chi connectivity index (χ4v) is 15.2. The number of carbonyl (C=O) groups excluding carboxylic acids is 6. The molecule has 0 spiro atoms. The molecule has 12 aromatic rings. The van der Waals surface area contributed by atoms with Crippen molar-refractivity contribution in [3.8, 4) is 34.5 Å². The molecule has 0 amide bonds. The highest BCUT2D eigenvalue weighted by Crippen LogP contribution is 2.30. The van der Waals surface area contributed by atoms with E-state index in [4.69, 9.17) is 54.9 Å². The first-order valence-electron chi connectivity index (χ1n) is 48.7. The van der Waals surface area contributed by atoms with E-state index in [2.05, 4.69) is 32.9 Å². The van der Waals surface area contributed by atoms with Crippen LogP contribution in [0.1, 0.15) is 319 Å². The zero-order valence-electron chi connectivity index (χ0n) is 81.7. The Kier molecular flexibility index (Phi) is 49.6. The number of benzene rings is 6. The SMILES string of the molecule is CC(=O)Oc1ccc2c(C)cc(=O)oc2c1.CCC(=O)Oc1ccc2c(C)cc(=O)oc2c1.CCCC(=O)Oc1ccc2c(C)cc(=O)oc2c1.CCCCCCC(=O)Oc1ccc2c(C)cc(=O)oc2c1.CCCCCCCC/C=C\CCCCCCCC(=O)Oc1ccc2c(C)cc(=O)oc2c1.CCCCCCCCCCCCCCCCCC(=O)Oc1ccc2c(C)cc(=O)oc2c1. The molecule has 24 nitrogen and oxygen atoms in total. The van der Waals surface area contributed by atoms with E-state index in [1.54, 1.807) is 97.9 Å². The fourth-order valence-electron chi connectivity index (χ4n) is 15.2. The van der Waals surface area contributed by atoms with Gasteiger partial charge >= 0.3 is 69.6 Å². The van der Waals surface area contributed by atoms with Gasteiger partial charge in [-0.15, -0.1) is 0 Å². The number of hydrogen-bond acceptors (Lipinski definition) is 24. The Labute approximate surface area is 796 Å². The third-order valence-electron chi connectivity index (χ3n) is 22.6. The van der Waals surface area contributed by atoms with Crippen LogP contribution in [0.25, 0.3) is 65.8 Å². The van der Waals surface area contributed by atoms with Gasteiger partial charge in [0.25, 0.3) is 0 Å². The summed E-state index contributed by atoms with van der Waals surface area (Å²) in [6, 6.07) is 39.1. The van der Waals surface area contributed by atoms with Gasteiger partial charge in [-0.1, -0.05) is 207 Å². The second kappa shape index (κ2) is 61.2. The van der Waals surface area contributed by atoms with Crippen LogP contribution in [0.4, 0.5) is 0 Å². The molecule has 12 rings (SSSR count). The first-order valence-corrected chi connectivity index (χ1v) is 48.7. The highest BCUT2D eigenvalue weighted by Gasteiger charge is 2.16. The molecule has 0 saturated carbocycles. The quantitative estimate of drug-likeness (QED) is 0.0112. The number of carbonyl (C=O) groups is 6. The third kappa shape index (κ3) is 41.1. The van der Waals surface area contributed by atoms with Crippen LogP contribution in [-0.4, -0.2) is 35.8 Å². The third-order valence-corrected chi connectivity index (χ3v) is 22.6. The summed E-state index contributed by atoms with van der Waals surface area (Å²) in [6.07, 6.45) is 47.0. The lowest BCUT2D eigenvalue weighted by molar-refractivity contribution is -0.135. The van der Waals surface area contributed by atoms with Crippen molar-refractivity contribution < 1.29 is 83.7 Å².